The molecule has 37 heavy (non-hydrogen) atoms. The van der Waals surface area contributed by atoms with Crippen LogP contribution >= 0.6 is 11.3 Å². The Kier molecular flexibility index (Phi) is 6.47. The number of carbonyl (C=O) groups is 1. The van der Waals surface area contributed by atoms with Crippen LogP contribution in [0.1, 0.15) is 40.1 Å². The minimum Gasteiger partial charge on any atom is -0.485 e. The quantitative estimate of drug-likeness (QED) is 0.269. The first-order chi connectivity index (χ1) is 17.6. The molecule has 2 heterocycles. The molecule has 0 aliphatic heterocycles. The average Bonchev–Trinajstić information content (AvgIpc) is 3.21. The largest absolute Gasteiger partial charge is 0.485 e. The van der Waals surface area contributed by atoms with Crippen molar-refractivity contribution in [1.82, 2.24) is 9.71 Å². The number of amides is 1. The van der Waals surface area contributed by atoms with Crippen molar-refractivity contribution >= 4 is 48.3 Å². The fraction of sp³-hybridized carbons (Fsp3) is 0.172. The number of benzene rings is 3. The Morgan fingerprint density at radius 2 is 1.70 bits per heavy atom. The van der Waals surface area contributed by atoms with Crippen LogP contribution in [-0.4, -0.2) is 25.6 Å². The van der Waals surface area contributed by atoms with Crippen molar-refractivity contribution in [2.45, 2.75) is 26.9 Å². The minimum absolute atomic E-state index is 0.196. The van der Waals surface area contributed by atoms with Gasteiger partial charge < -0.3 is 4.74 Å². The first-order valence-electron chi connectivity index (χ1n) is 11.8. The summed E-state index contributed by atoms with van der Waals surface area (Å²) in [5, 5.41) is 1.60. The van der Waals surface area contributed by atoms with Crippen LogP contribution in [0.15, 0.2) is 72.8 Å². The van der Waals surface area contributed by atoms with Crippen molar-refractivity contribution in [2.24, 2.45) is 0 Å². The zero-order valence-corrected chi connectivity index (χ0v) is 22.5. The fourth-order valence-electron chi connectivity index (χ4n) is 4.46. The maximum atomic E-state index is 13.4. The van der Waals surface area contributed by atoms with Crippen molar-refractivity contribution in [2.75, 3.05) is 6.26 Å². The summed E-state index contributed by atoms with van der Waals surface area (Å²) in [6.07, 6.45) is 0.660. The van der Waals surface area contributed by atoms with E-state index in [4.69, 9.17) is 9.72 Å². The first-order valence-corrected chi connectivity index (χ1v) is 14.5. The fourth-order valence-corrected chi connectivity index (χ4v) is 6.08. The maximum Gasteiger partial charge on any atom is 0.265 e. The standard InChI is InChI=1S/C29H26N2O4S2/c1-17-14-15-24(35-19(3)20-10-6-5-7-11-20)26-22(29(32)31-37(4,33)34)16-23(30-27(17)26)28-18(2)21-12-8-9-13-25(21)36-28/h5-16,19H,1-4H3,(H,31,32). The molecular weight excluding hydrogens is 504 g/mol. The van der Waals surface area contributed by atoms with Gasteiger partial charge in [-0.25, -0.2) is 18.1 Å². The van der Waals surface area contributed by atoms with Gasteiger partial charge in [-0.05, 0) is 61.0 Å². The molecule has 0 fully saturated rings. The lowest BCUT2D eigenvalue weighted by Crippen LogP contribution is -2.29. The molecule has 1 N–H and O–H groups in total. The minimum atomic E-state index is -3.79. The molecule has 6 nitrogen and oxygen atoms in total. The summed E-state index contributed by atoms with van der Waals surface area (Å²) < 4.78 is 33.6. The molecule has 0 aliphatic carbocycles. The van der Waals surface area contributed by atoms with Crippen LogP contribution in [0.2, 0.25) is 0 Å². The number of carbonyl (C=O) groups excluding carboxylic acids is 1. The molecule has 1 unspecified atom stereocenters. The lowest BCUT2D eigenvalue weighted by molar-refractivity contribution is 0.0982. The number of fused-ring (bicyclic) bond motifs is 2. The van der Waals surface area contributed by atoms with Gasteiger partial charge in [0, 0.05) is 4.70 Å². The molecule has 0 bridgehead atoms. The Balaban J connectivity index is 1.74. The molecule has 5 aromatic rings. The number of aryl methyl sites for hydroxylation is 2. The van der Waals surface area contributed by atoms with E-state index in [9.17, 15) is 13.2 Å². The number of hydrogen-bond acceptors (Lipinski definition) is 6. The molecular formula is C29H26N2O4S2. The van der Waals surface area contributed by atoms with Gasteiger partial charge in [-0.15, -0.1) is 11.3 Å². The highest BCUT2D eigenvalue weighted by Gasteiger charge is 2.23. The Labute approximate surface area is 220 Å². The number of nitrogens with one attached hydrogen (secondary N) is 1. The molecule has 3 aromatic carbocycles. The number of nitrogens with zero attached hydrogens (tertiary/aromatic N) is 1. The number of pyridine rings is 1. The molecule has 2 aromatic heterocycles. The monoisotopic (exact) mass is 530 g/mol. The van der Waals surface area contributed by atoms with Gasteiger partial charge in [-0.2, -0.15) is 0 Å². The van der Waals surface area contributed by atoms with Crippen LogP contribution in [0.3, 0.4) is 0 Å². The van der Waals surface area contributed by atoms with Crippen LogP contribution in [0.25, 0.3) is 31.6 Å². The molecule has 1 amide bonds. The molecule has 0 saturated heterocycles. The summed E-state index contributed by atoms with van der Waals surface area (Å²) in [6.45, 7) is 5.88. The number of hydrogen-bond donors (Lipinski definition) is 1. The molecule has 188 valence electrons. The van der Waals surface area contributed by atoms with Gasteiger partial charge >= 0.3 is 0 Å². The van der Waals surface area contributed by atoms with Gasteiger partial charge in [-0.3, -0.25) is 4.79 Å². The van der Waals surface area contributed by atoms with Crippen molar-refractivity contribution in [3.8, 4) is 16.3 Å². The number of sulfonamides is 1. The predicted octanol–water partition coefficient (Wildman–Crippen LogP) is 6.56. The number of thiophene rings is 1. The highest BCUT2D eigenvalue weighted by Crippen LogP contribution is 2.41. The summed E-state index contributed by atoms with van der Waals surface area (Å²) >= 11 is 1.59. The number of rotatable bonds is 6. The van der Waals surface area contributed by atoms with Crippen molar-refractivity contribution in [3.05, 3.63) is 95.1 Å². The summed E-state index contributed by atoms with van der Waals surface area (Å²) in [5.41, 5.74) is 4.28. The van der Waals surface area contributed by atoms with E-state index in [0.29, 0.717) is 22.3 Å². The van der Waals surface area contributed by atoms with E-state index in [1.54, 1.807) is 23.5 Å². The van der Waals surface area contributed by atoms with E-state index >= 15 is 0 Å². The van der Waals surface area contributed by atoms with E-state index in [1.807, 2.05) is 69.3 Å². The molecule has 0 saturated carbocycles. The first kappa shape index (κ1) is 24.9. The highest BCUT2D eigenvalue weighted by molar-refractivity contribution is 7.89. The zero-order valence-electron chi connectivity index (χ0n) is 20.9. The van der Waals surface area contributed by atoms with E-state index in [1.165, 1.54) is 0 Å². The van der Waals surface area contributed by atoms with Gasteiger partial charge in [0.15, 0.2) is 0 Å². The Morgan fingerprint density at radius 3 is 2.41 bits per heavy atom. The molecule has 0 radical (unpaired) electrons. The van der Waals surface area contributed by atoms with Crippen molar-refractivity contribution < 1.29 is 17.9 Å². The second-order valence-corrected chi connectivity index (χ2v) is 11.9. The summed E-state index contributed by atoms with van der Waals surface area (Å²) in [6, 6.07) is 23.2. The normalized spacial score (nSPS) is 12.5. The lowest BCUT2D eigenvalue weighted by atomic mass is 10.0. The van der Waals surface area contributed by atoms with Gasteiger partial charge in [-0.1, -0.05) is 54.6 Å². The molecule has 1 atom stereocenters. The van der Waals surface area contributed by atoms with Crippen LogP contribution < -0.4 is 9.46 Å². The average molecular weight is 531 g/mol. The zero-order chi connectivity index (χ0) is 26.3. The Hall–Kier alpha value is -3.75. The third-order valence-electron chi connectivity index (χ3n) is 6.30. The molecule has 5 rings (SSSR count). The molecule has 0 aliphatic rings. The van der Waals surface area contributed by atoms with Gasteiger partial charge in [0.1, 0.15) is 11.9 Å². The third-order valence-corrected chi connectivity index (χ3v) is 8.15. The van der Waals surface area contributed by atoms with E-state index in [0.717, 1.165) is 37.9 Å². The summed E-state index contributed by atoms with van der Waals surface area (Å²) in [5.74, 6) is -0.263. The van der Waals surface area contributed by atoms with E-state index in [-0.39, 0.29) is 11.7 Å². The van der Waals surface area contributed by atoms with Crippen LogP contribution in [0, 0.1) is 13.8 Å². The molecule has 0 spiro atoms. The summed E-state index contributed by atoms with van der Waals surface area (Å²) in [7, 11) is -3.79. The SMILES string of the molecule is Cc1c(-c2cc(C(=O)NS(C)(=O)=O)c3c(OC(C)c4ccccc4)ccc(C)c3n2)sc2ccccc12. The van der Waals surface area contributed by atoms with E-state index < -0.39 is 15.9 Å². The summed E-state index contributed by atoms with van der Waals surface area (Å²) in [4.78, 5) is 19.3. The molecule has 8 heteroatoms. The predicted molar refractivity (Wildman–Crippen MR) is 150 cm³/mol. The number of aromatic nitrogens is 1. The van der Waals surface area contributed by atoms with Gasteiger partial charge in [0.2, 0.25) is 10.0 Å². The second kappa shape index (κ2) is 9.61. The smallest absolute Gasteiger partial charge is 0.265 e. The maximum absolute atomic E-state index is 13.4. The van der Waals surface area contributed by atoms with Gasteiger partial charge in [0.25, 0.3) is 5.91 Å². The highest BCUT2D eigenvalue weighted by atomic mass is 32.2. The Bertz CT molecular complexity index is 1760. The second-order valence-electron chi connectivity index (χ2n) is 9.09. The third kappa shape index (κ3) is 4.95. The van der Waals surface area contributed by atoms with Crippen LogP contribution in [0.4, 0.5) is 0 Å². The van der Waals surface area contributed by atoms with Crippen molar-refractivity contribution in [1.29, 1.82) is 0 Å². The van der Waals surface area contributed by atoms with E-state index in [2.05, 4.69) is 16.9 Å². The number of ether oxygens (including phenoxy) is 1. The van der Waals surface area contributed by atoms with Crippen LogP contribution in [0.5, 0.6) is 5.75 Å². The van der Waals surface area contributed by atoms with Crippen molar-refractivity contribution in [3.63, 3.8) is 0 Å². The topological polar surface area (TPSA) is 85.4 Å². The van der Waals surface area contributed by atoms with Crippen LogP contribution in [-0.2, 0) is 10.0 Å². The van der Waals surface area contributed by atoms with Gasteiger partial charge in [0.05, 0.1) is 33.3 Å². The lowest BCUT2D eigenvalue weighted by Gasteiger charge is -2.19. The Morgan fingerprint density at radius 1 is 1.00 bits per heavy atom.